The smallest absolute Gasteiger partial charge is 0.367 e. The third-order valence-electron chi connectivity index (χ3n) is 4.83. The lowest BCUT2D eigenvalue weighted by Crippen LogP contribution is -2.25. The van der Waals surface area contributed by atoms with Crippen molar-refractivity contribution < 1.29 is 22.7 Å². The topological polar surface area (TPSA) is 56.2 Å². The number of aromatic nitrogens is 2. The highest BCUT2D eigenvalue weighted by Crippen LogP contribution is 2.19. The zero-order chi connectivity index (χ0) is 22.4. The summed E-state index contributed by atoms with van der Waals surface area (Å²) < 4.78 is 42.8. The molecule has 8 heteroatoms. The molecule has 1 heterocycles. The van der Waals surface area contributed by atoms with Gasteiger partial charge in [-0.1, -0.05) is 42.5 Å². The van der Waals surface area contributed by atoms with E-state index in [-0.39, 0.29) is 18.9 Å². The van der Waals surface area contributed by atoms with Gasteiger partial charge in [0.2, 0.25) is 5.91 Å². The fourth-order valence-corrected chi connectivity index (χ4v) is 3.21. The third-order valence-corrected chi connectivity index (χ3v) is 4.83. The maximum absolute atomic E-state index is 12.5. The molecule has 0 aliphatic carbocycles. The van der Waals surface area contributed by atoms with Crippen LogP contribution in [0.25, 0.3) is 5.69 Å². The molecule has 0 unspecified atom stereocenters. The Bertz CT molecular complexity index is 1010. The fraction of sp³-hybridized carbons (Fsp3) is 0.304. The molecule has 3 rings (SSSR count). The van der Waals surface area contributed by atoms with Crippen molar-refractivity contribution in [3.05, 3.63) is 82.7 Å². The van der Waals surface area contributed by atoms with Crippen LogP contribution in [0.2, 0.25) is 0 Å². The first-order valence-corrected chi connectivity index (χ1v) is 9.82. The van der Waals surface area contributed by atoms with Gasteiger partial charge in [-0.25, -0.2) is 4.68 Å². The summed E-state index contributed by atoms with van der Waals surface area (Å²) in [7, 11) is 0. The van der Waals surface area contributed by atoms with E-state index in [0.717, 1.165) is 28.2 Å². The minimum atomic E-state index is -4.33. The highest BCUT2D eigenvalue weighted by atomic mass is 19.4. The first kappa shape index (κ1) is 22.6. The molecule has 0 fully saturated rings. The molecule has 1 aromatic heterocycles. The van der Waals surface area contributed by atoms with Crippen LogP contribution in [0.15, 0.2) is 54.6 Å². The third kappa shape index (κ3) is 6.42. The second-order valence-corrected chi connectivity index (χ2v) is 7.27. The lowest BCUT2D eigenvalue weighted by molar-refractivity contribution is -0.176. The Morgan fingerprint density at radius 1 is 1.03 bits per heavy atom. The normalized spacial score (nSPS) is 11.5. The average molecular weight is 431 g/mol. The number of hydrogen-bond donors (Lipinski definition) is 1. The maximum Gasteiger partial charge on any atom is 0.411 e. The molecule has 164 valence electrons. The van der Waals surface area contributed by atoms with E-state index in [9.17, 15) is 18.0 Å². The van der Waals surface area contributed by atoms with Gasteiger partial charge in [0.15, 0.2) is 0 Å². The van der Waals surface area contributed by atoms with Gasteiger partial charge < -0.3 is 10.1 Å². The average Bonchev–Trinajstić information content (AvgIpc) is 3.01. The first-order valence-electron chi connectivity index (χ1n) is 9.82. The Hall–Kier alpha value is -3.13. The van der Waals surface area contributed by atoms with Crippen molar-refractivity contribution in [1.29, 1.82) is 0 Å². The van der Waals surface area contributed by atoms with Crippen LogP contribution in [0.1, 0.15) is 28.1 Å². The van der Waals surface area contributed by atoms with Gasteiger partial charge in [-0.2, -0.15) is 18.3 Å². The van der Waals surface area contributed by atoms with Crippen LogP contribution in [0.3, 0.4) is 0 Å². The Morgan fingerprint density at radius 2 is 1.68 bits per heavy atom. The predicted octanol–water partition coefficient (Wildman–Crippen LogP) is 4.43. The number of benzene rings is 2. The molecule has 0 spiro atoms. The van der Waals surface area contributed by atoms with Crippen LogP contribution in [-0.2, 0) is 29.1 Å². The Morgan fingerprint density at radius 3 is 2.32 bits per heavy atom. The van der Waals surface area contributed by atoms with Crippen LogP contribution in [0, 0.1) is 13.8 Å². The minimum Gasteiger partial charge on any atom is -0.367 e. The van der Waals surface area contributed by atoms with Gasteiger partial charge in [0.25, 0.3) is 0 Å². The summed E-state index contributed by atoms with van der Waals surface area (Å²) in [6.45, 7) is 2.76. The molecule has 0 atom stereocenters. The molecule has 1 N–H and O–H groups in total. The number of nitrogens with zero attached hydrogens (tertiary/aromatic N) is 2. The molecular formula is C23H24F3N3O2. The number of alkyl halides is 3. The van der Waals surface area contributed by atoms with Crippen molar-refractivity contribution in [2.75, 3.05) is 6.61 Å². The Labute approximate surface area is 178 Å². The molecule has 5 nitrogen and oxygen atoms in total. The summed E-state index contributed by atoms with van der Waals surface area (Å²) in [6.07, 6.45) is -4.12. The summed E-state index contributed by atoms with van der Waals surface area (Å²) in [5.74, 6) is -0.128. The summed E-state index contributed by atoms with van der Waals surface area (Å²) in [4.78, 5) is 12.5. The molecule has 3 aromatic rings. The zero-order valence-corrected chi connectivity index (χ0v) is 17.4. The quantitative estimate of drug-likeness (QED) is 0.574. The molecule has 0 aliphatic heterocycles. The largest absolute Gasteiger partial charge is 0.411 e. The second-order valence-electron chi connectivity index (χ2n) is 7.27. The number of amides is 1. The fourth-order valence-electron chi connectivity index (χ4n) is 3.21. The van der Waals surface area contributed by atoms with Crippen LogP contribution in [-0.4, -0.2) is 28.5 Å². The van der Waals surface area contributed by atoms with Crippen molar-refractivity contribution in [3.63, 3.8) is 0 Å². The van der Waals surface area contributed by atoms with E-state index in [1.807, 2.05) is 48.9 Å². The number of carbonyl (C=O) groups is 1. The second kappa shape index (κ2) is 9.78. The molecule has 0 radical (unpaired) electrons. The van der Waals surface area contributed by atoms with Gasteiger partial charge in [0, 0.05) is 17.8 Å². The number of ether oxygens (including phenoxy) is 1. The molecule has 0 saturated carbocycles. The number of rotatable bonds is 8. The Kier molecular flexibility index (Phi) is 7.12. The molecule has 0 bridgehead atoms. The van der Waals surface area contributed by atoms with E-state index in [0.29, 0.717) is 12.1 Å². The van der Waals surface area contributed by atoms with Crippen LogP contribution < -0.4 is 5.32 Å². The minimum absolute atomic E-state index is 0.115. The molecule has 0 aliphatic rings. The first-order chi connectivity index (χ1) is 14.7. The molecule has 1 amide bonds. The number of halogens is 3. The van der Waals surface area contributed by atoms with E-state index in [1.165, 1.54) is 0 Å². The number of para-hydroxylation sites is 1. The number of aryl methyl sites for hydroxylation is 1. The SMILES string of the molecule is Cc1nn(-c2ccccc2)c(C)c1CC(=O)NCc1ccc(COCC(F)(F)F)cc1. The van der Waals surface area contributed by atoms with Crippen LogP contribution >= 0.6 is 0 Å². The lowest BCUT2D eigenvalue weighted by Gasteiger charge is -2.09. The van der Waals surface area contributed by atoms with Gasteiger partial charge in [-0.15, -0.1) is 0 Å². The van der Waals surface area contributed by atoms with E-state index >= 15 is 0 Å². The number of carbonyl (C=O) groups excluding carboxylic acids is 1. The van der Waals surface area contributed by atoms with Crippen LogP contribution in [0.5, 0.6) is 0 Å². The van der Waals surface area contributed by atoms with Gasteiger partial charge in [-0.05, 0) is 37.1 Å². The van der Waals surface area contributed by atoms with Crippen molar-refractivity contribution in [3.8, 4) is 5.69 Å². The van der Waals surface area contributed by atoms with Crippen molar-refractivity contribution in [1.82, 2.24) is 15.1 Å². The van der Waals surface area contributed by atoms with Crippen molar-refractivity contribution in [2.45, 2.75) is 39.6 Å². The van der Waals surface area contributed by atoms with E-state index in [4.69, 9.17) is 0 Å². The summed E-state index contributed by atoms with van der Waals surface area (Å²) in [5, 5.41) is 7.43. The highest BCUT2D eigenvalue weighted by molar-refractivity contribution is 5.79. The number of hydrogen-bond acceptors (Lipinski definition) is 3. The van der Waals surface area contributed by atoms with Crippen molar-refractivity contribution in [2.24, 2.45) is 0 Å². The van der Waals surface area contributed by atoms with E-state index in [1.54, 1.807) is 24.3 Å². The molecule has 0 saturated heterocycles. The summed E-state index contributed by atoms with van der Waals surface area (Å²) in [5.41, 5.74) is 5.04. The highest BCUT2D eigenvalue weighted by Gasteiger charge is 2.27. The lowest BCUT2D eigenvalue weighted by atomic mass is 10.1. The van der Waals surface area contributed by atoms with Gasteiger partial charge in [-0.3, -0.25) is 4.79 Å². The molecule has 2 aromatic carbocycles. The molecule has 31 heavy (non-hydrogen) atoms. The monoisotopic (exact) mass is 431 g/mol. The predicted molar refractivity (Wildman–Crippen MR) is 111 cm³/mol. The Balaban J connectivity index is 1.53. The summed E-state index contributed by atoms with van der Waals surface area (Å²) in [6, 6.07) is 16.6. The zero-order valence-electron chi connectivity index (χ0n) is 17.4. The van der Waals surface area contributed by atoms with E-state index in [2.05, 4.69) is 15.2 Å². The summed E-state index contributed by atoms with van der Waals surface area (Å²) >= 11 is 0. The van der Waals surface area contributed by atoms with Gasteiger partial charge in [0.05, 0.1) is 24.4 Å². The maximum atomic E-state index is 12.5. The van der Waals surface area contributed by atoms with Crippen LogP contribution in [0.4, 0.5) is 13.2 Å². The van der Waals surface area contributed by atoms with E-state index < -0.39 is 12.8 Å². The number of nitrogens with one attached hydrogen (secondary N) is 1. The van der Waals surface area contributed by atoms with Gasteiger partial charge in [0.1, 0.15) is 6.61 Å². The van der Waals surface area contributed by atoms with Crippen molar-refractivity contribution >= 4 is 5.91 Å². The standard InChI is InChI=1S/C23H24F3N3O2/c1-16-21(17(2)29(28-16)20-6-4-3-5-7-20)12-22(30)27-13-18-8-10-19(11-9-18)14-31-15-23(24,25)26/h3-11H,12-15H2,1-2H3,(H,27,30). The molecular weight excluding hydrogens is 407 g/mol. The van der Waals surface area contributed by atoms with Gasteiger partial charge >= 0.3 is 6.18 Å².